The third kappa shape index (κ3) is 1.89. The van der Waals surface area contributed by atoms with Crippen LogP contribution in [0.5, 0.6) is 0 Å². The lowest BCUT2D eigenvalue weighted by molar-refractivity contribution is 0.510. The molecule has 15 heavy (non-hydrogen) atoms. The minimum atomic E-state index is -0.806. The van der Waals surface area contributed by atoms with Crippen molar-refractivity contribution in [2.75, 3.05) is 17.2 Å². The van der Waals surface area contributed by atoms with Gasteiger partial charge in [-0.1, -0.05) is 6.92 Å². The van der Waals surface area contributed by atoms with Crippen LogP contribution < -0.4 is 10.6 Å². The molecule has 0 saturated heterocycles. The molecule has 0 radical (unpaired) electrons. The van der Waals surface area contributed by atoms with Gasteiger partial charge in [0.2, 0.25) is 0 Å². The molecule has 2 rings (SSSR count). The highest BCUT2D eigenvalue weighted by Gasteiger charge is 2.19. The molecule has 1 heterocycles. The highest BCUT2D eigenvalue weighted by Crippen LogP contribution is 2.30. The van der Waals surface area contributed by atoms with E-state index in [1.165, 1.54) is 0 Å². The van der Waals surface area contributed by atoms with Gasteiger partial charge in [-0.05, 0) is 25.0 Å². The van der Waals surface area contributed by atoms with Gasteiger partial charge in [-0.3, -0.25) is 0 Å². The number of benzene rings is 1. The zero-order valence-electron chi connectivity index (χ0n) is 8.61. The molecule has 1 aromatic carbocycles. The molecule has 1 atom stereocenters. The van der Waals surface area contributed by atoms with Crippen molar-refractivity contribution in [3.8, 4) is 0 Å². The molecule has 1 aliphatic rings. The van der Waals surface area contributed by atoms with Crippen molar-refractivity contribution < 1.29 is 8.78 Å². The number of anilines is 2. The van der Waals surface area contributed by atoms with E-state index in [4.69, 9.17) is 0 Å². The molecule has 4 heteroatoms. The SMILES string of the molecule is CCC1CCNc2ccc(F)c(F)c2N1. The molecule has 0 aliphatic carbocycles. The number of rotatable bonds is 1. The fourth-order valence-electron chi connectivity index (χ4n) is 1.80. The molecular formula is C11H14F2N2. The third-order valence-corrected chi connectivity index (χ3v) is 2.74. The molecule has 0 bridgehead atoms. The van der Waals surface area contributed by atoms with Gasteiger partial charge in [0, 0.05) is 12.6 Å². The van der Waals surface area contributed by atoms with Crippen molar-refractivity contribution in [2.45, 2.75) is 25.8 Å². The first-order chi connectivity index (χ1) is 7.22. The average Bonchev–Trinajstić information content (AvgIpc) is 2.45. The van der Waals surface area contributed by atoms with Crippen molar-refractivity contribution in [1.82, 2.24) is 0 Å². The smallest absolute Gasteiger partial charge is 0.183 e. The van der Waals surface area contributed by atoms with Gasteiger partial charge >= 0.3 is 0 Å². The van der Waals surface area contributed by atoms with E-state index in [2.05, 4.69) is 10.6 Å². The predicted molar refractivity (Wildman–Crippen MR) is 57.2 cm³/mol. The molecule has 0 saturated carbocycles. The zero-order valence-corrected chi connectivity index (χ0v) is 8.61. The molecule has 0 spiro atoms. The van der Waals surface area contributed by atoms with E-state index >= 15 is 0 Å². The van der Waals surface area contributed by atoms with Crippen molar-refractivity contribution in [3.05, 3.63) is 23.8 Å². The quantitative estimate of drug-likeness (QED) is 0.747. The van der Waals surface area contributed by atoms with E-state index in [0.717, 1.165) is 25.5 Å². The van der Waals surface area contributed by atoms with Gasteiger partial charge in [0.15, 0.2) is 11.6 Å². The van der Waals surface area contributed by atoms with Crippen LogP contribution in [-0.2, 0) is 0 Å². The first-order valence-electron chi connectivity index (χ1n) is 5.20. The van der Waals surface area contributed by atoms with Crippen LogP contribution in [0.15, 0.2) is 12.1 Å². The van der Waals surface area contributed by atoms with Crippen LogP contribution in [0.4, 0.5) is 20.2 Å². The second-order valence-electron chi connectivity index (χ2n) is 3.75. The van der Waals surface area contributed by atoms with Gasteiger partial charge in [0.25, 0.3) is 0 Å². The summed E-state index contributed by atoms with van der Waals surface area (Å²) >= 11 is 0. The van der Waals surface area contributed by atoms with Crippen LogP contribution in [0.3, 0.4) is 0 Å². The Morgan fingerprint density at radius 2 is 2.20 bits per heavy atom. The van der Waals surface area contributed by atoms with E-state index in [1.54, 1.807) is 6.07 Å². The molecular weight excluding hydrogens is 198 g/mol. The number of hydrogen-bond acceptors (Lipinski definition) is 2. The lowest BCUT2D eigenvalue weighted by atomic mass is 10.1. The normalized spacial score (nSPS) is 19.8. The number of fused-ring (bicyclic) bond motifs is 1. The fraction of sp³-hybridized carbons (Fsp3) is 0.455. The Bertz CT molecular complexity index is 366. The molecule has 0 fully saturated rings. The first kappa shape index (κ1) is 10.2. The zero-order chi connectivity index (χ0) is 10.8. The second-order valence-corrected chi connectivity index (χ2v) is 3.75. The summed E-state index contributed by atoms with van der Waals surface area (Å²) in [6.07, 6.45) is 1.81. The lowest BCUT2D eigenvalue weighted by Crippen LogP contribution is -2.19. The summed E-state index contributed by atoms with van der Waals surface area (Å²) in [5.41, 5.74) is 0.907. The summed E-state index contributed by atoms with van der Waals surface area (Å²) in [6, 6.07) is 2.92. The van der Waals surface area contributed by atoms with Gasteiger partial charge in [-0.2, -0.15) is 0 Å². The van der Waals surface area contributed by atoms with Gasteiger partial charge in [-0.25, -0.2) is 8.78 Å². The standard InChI is InChI=1S/C11H14F2N2/c1-2-7-5-6-14-9-4-3-8(12)10(13)11(9)15-7/h3-4,7,14-15H,2,5-6H2,1H3. The molecule has 2 nitrogen and oxygen atoms in total. The van der Waals surface area contributed by atoms with Crippen LogP contribution in [-0.4, -0.2) is 12.6 Å². The summed E-state index contributed by atoms with van der Waals surface area (Å²) in [6.45, 7) is 2.81. The first-order valence-corrected chi connectivity index (χ1v) is 5.20. The Morgan fingerprint density at radius 1 is 1.40 bits per heavy atom. The Hall–Kier alpha value is -1.32. The largest absolute Gasteiger partial charge is 0.383 e. The van der Waals surface area contributed by atoms with Crippen molar-refractivity contribution in [1.29, 1.82) is 0 Å². The molecule has 0 aromatic heterocycles. The van der Waals surface area contributed by atoms with Crippen LogP contribution >= 0.6 is 0 Å². The Labute approximate surface area is 87.7 Å². The molecule has 1 aromatic rings. The minimum absolute atomic E-state index is 0.204. The Kier molecular flexibility index (Phi) is 2.75. The maximum absolute atomic E-state index is 13.5. The molecule has 0 amide bonds. The number of hydrogen-bond donors (Lipinski definition) is 2. The van der Waals surface area contributed by atoms with Crippen LogP contribution in [0.2, 0.25) is 0 Å². The van der Waals surface area contributed by atoms with E-state index < -0.39 is 11.6 Å². The monoisotopic (exact) mass is 212 g/mol. The summed E-state index contributed by atoms with van der Waals surface area (Å²) in [4.78, 5) is 0. The van der Waals surface area contributed by atoms with Gasteiger partial charge in [0.05, 0.1) is 11.4 Å². The van der Waals surface area contributed by atoms with E-state index in [9.17, 15) is 8.78 Å². The lowest BCUT2D eigenvalue weighted by Gasteiger charge is -2.15. The second kappa shape index (κ2) is 4.04. The third-order valence-electron chi connectivity index (χ3n) is 2.74. The summed E-state index contributed by atoms with van der Waals surface area (Å²) in [5, 5.41) is 6.13. The van der Waals surface area contributed by atoms with Gasteiger partial charge < -0.3 is 10.6 Å². The van der Waals surface area contributed by atoms with E-state index in [0.29, 0.717) is 5.69 Å². The summed E-state index contributed by atoms with van der Waals surface area (Å²) in [7, 11) is 0. The number of halogens is 2. The molecule has 1 unspecified atom stereocenters. The summed E-state index contributed by atoms with van der Waals surface area (Å²) < 4.78 is 26.5. The van der Waals surface area contributed by atoms with Crippen molar-refractivity contribution in [2.24, 2.45) is 0 Å². The van der Waals surface area contributed by atoms with Crippen molar-refractivity contribution in [3.63, 3.8) is 0 Å². The Morgan fingerprint density at radius 3 is 2.93 bits per heavy atom. The topological polar surface area (TPSA) is 24.1 Å². The van der Waals surface area contributed by atoms with Gasteiger partial charge in [-0.15, -0.1) is 0 Å². The summed E-state index contributed by atoms with van der Waals surface area (Å²) in [5.74, 6) is -1.60. The highest BCUT2D eigenvalue weighted by molar-refractivity contribution is 5.70. The maximum atomic E-state index is 13.5. The van der Waals surface area contributed by atoms with Crippen LogP contribution in [0.25, 0.3) is 0 Å². The Balaban J connectivity index is 2.39. The molecule has 2 N–H and O–H groups in total. The van der Waals surface area contributed by atoms with Gasteiger partial charge in [0.1, 0.15) is 0 Å². The van der Waals surface area contributed by atoms with Crippen molar-refractivity contribution >= 4 is 11.4 Å². The average molecular weight is 212 g/mol. The molecule has 1 aliphatic heterocycles. The van der Waals surface area contributed by atoms with E-state index in [1.807, 2.05) is 6.92 Å². The minimum Gasteiger partial charge on any atom is -0.383 e. The van der Waals surface area contributed by atoms with Crippen LogP contribution in [0, 0.1) is 11.6 Å². The fourth-order valence-corrected chi connectivity index (χ4v) is 1.80. The predicted octanol–water partition coefficient (Wildman–Crippen LogP) is 2.97. The molecule has 82 valence electrons. The van der Waals surface area contributed by atoms with E-state index in [-0.39, 0.29) is 11.7 Å². The van der Waals surface area contributed by atoms with Crippen LogP contribution in [0.1, 0.15) is 19.8 Å². The highest BCUT2D eigenvalue weighted by atomic mass is 19.2. The maximum Gasteiger partial charge on any atom is 0.183 e. The number of nitrogens with one attached hydrogen (secondary N) is 2.